The molecule has 1 unspecified atom stereocenters. The first kappa shape index (κ1) is 14.8. The minimum absolute atomic E-state index is 0. The maximum atomic E-state index is 11.9. The molecule has 0 aromatic heterocycles. The Morgan fingerprint density at radius 1 is 0.882 bits per heavy atom. The fourth-order valence-electron chi connectivity index (χ4n) is 1.55. The standard InChI is InChI=1S/C14H12O2.K/c15-13(11-7-3-1-4-8-11)14(16)12-9-5-2-6-10-12;/h1-10,13,15H;. The summed E-state index contributed by atoms with van der Waals surface area (Å²) in [5.74, 6) is -0.271. The van der Waals surface area contributed by atoms with Crippen LogP contribution in [0.5, 0.6) is 0 Å². The number of benzene rings is 2. The molecular formula is C14H12KO2. The molecule has 2 nitrogen and oxygen atoms in total. The van der Waals surface area contributed by atoms with Gasteiger partial charge in [0.15, 0.2) is 5.78 Å². The monoisotopic (exact) mass is 251 g/mol. The van der Waals surface area contributed by atoms with Gasteiger partial charge in [-0.1, -0.05) is 60.7 Å². The first-order chi connectivity index (χ1) is 7.79. The molecule has 2 rings (SSSR count). The van der Waals surface area contributed by atoms with Crippen molar-refractivity contribution in [3.63, 3.8) is 0 Å². The molecule has 0 aliphatic rings. The molecule has 2 aromatic carbocycles. The molecule has 1 atom stereocenters. The molecule has 1 radical (unpaired) electrons. The average molecular weight is 251 g/mol. The Morgan fingerprint density at radius 3 is 1.88 bits per heavy atom. The minimum Gasteiger partial charge on any atom is -0.380 e. The maximum absolute atomic E-state index is 11.9. The number of aliphatic hydroxyl groups is 1. The van der Waals surface area contributed by atoms with Crippen LogP contribution in [-0.2, 0) is 0 Å². The number of hydrogen-bond acceptors (Lipinski definition) is 2. The Labute approximate surface area is 143 Å². The molecule has 2 aromatic rings. The molecular weight excluding hydrogens is 239 g/mol. The van der Waals surface area contributed by atoms with Gasteiger partial charge in [0.1, 0.15) is 6.10 Å². The van der Waals surface area contributed by atoms with Crippen molar-refractivity contribution in [3.05, 3.63) is 71.8 Å². The van der Waals surface area contributed by atoms with E-state index in [-0.39, 0.29) is 57.2 Å². The quantitative estimate of drug-likeness (QED) is 0.671. The van der Waals surface area contributed by atoms with Gasteiger partial charge in [0.25, 0.3) is 0 Å². The Hall–Kier alpha value is -0.294. The van der Waals surface area contributed by atoms with Gasteiger partial charge in [-0.15, -0.1) is 0 Å². The molecule has 81 valence electrons. The number of carbonyl (C=O) groups is 1. The Bertz CT molecular complexity index is 468. The Kier molecular flexibility index (Phi) is 6.26. The second kappa shape index (κ2) is 7.21. The number of hydrogen-bond donors (Lipinski definition) is 1. The van der Waals surface area contributed by atoms with Crippen LogP contribution >= 0.6 is 0 Å². The van der Waals surface area contributed by atoms with Crippen LogP contribution in [0.25, 0.3) is 0 Å². The van der Waals surface area contributed by atoms with Gasteiger partial charge in [-0.05, 0) is 5.56 Å². The summed E-state index contributed by atoms with van der Waals surface area (Å²) < 4.78 is 0. The third-order valence-electron chi connectivity index (χ3n) is 2.42. The molecule has 0 aliphatic heterocycles. The van der Waals surface area contributed by atoms with E-state index in [9.17, 15) is 9.90 Å². The zero-order valence-electron chi connectivity index (χ0n) is 9.71. The third kappa shape index (κ3) is 3.84. The van der Waals surface area contributed by atoms with Crippen LogP contribution in [-0.4, -0.2) is 62.3 Å². The van der Waals surface area contributed by atoms with Gasteiger partial charge >= 0.3 is 0 Å². The number of Topliss-reactive ketones (excluding diaryl/α,β-unsaturated/α-hetero) is 1. The van der Waals surface area contributed by atoms with E-state index in [2.05, 4.69) is 0 Å². The van der Waals surface area contributed by atoms with Crippen molar-refractivity contribution in [2.24, 2.45) is 0 Å². The van der Waals surface area contributed by atoms with Gasteiger partial charge in [0.2, 0.25) is 0 Å². The molecule has 0 saturated carbocycles. The van der Waals surface area contributed by atoms with E-state index >= 15 is 0 Å². The van der Waals surface area contributed by atoms with E-state index in [4.69, 9.17) is 0 Å². The zero-order chi connectivity index (χ0) is 11.4. The van der Waals surface area contributed by atoms with Gasteiger partial charge in [-0.3, -0.25) is 4.79 Å². The molecule has 0 aliphatic carbocycles. The summed E-state index contributed by atoms with van der Waals surface area (Å²) in [6.45, 7) is 0. The molecule has 3 heteroatoms. The summed E-state index contributed by atoms with van der Waals surface area (Å²) in [6.07, 6.45) is -1.08. The molecule has 0 fully saturated rings. The maximum Gasteiger partial charge on any atom is 0.195 e. The van der Waals surface area contributed by atoms with E-state index in [1.807, 2.05) is 12.1 Å². The van der Waals surface area contributed by atoms with Gasteiger partial charge in [-0.25, -0.2) is 0 Å². The van der Waals surface area contributed by atoms with E-state index in [1.54, 1.807) is 48.5 Å². The van der Waals surface area contributed by atoms with E-state index in [0.717, 1.165) is 0 Å². The fraction of sp³-hybridized carbons (Fsp3) is 0.0714. The van der Waals surface area contributed by atoms with Crippen LogP contribution in [0.2, 0.25) is 0 Å². The van der Waals surface area contributed by atoms with Gasteiger partial charge in [0, 0.05) is 56.9 Å². The molecule has 0 bridgehead atoms. The average Bonchev–Trinajstić information content (AvgIpc) is 2.39. The second-order valence-corrected chi connectivity index (χ2v) is 3.54. The fourth-order valence-corrected chi connectivity index (χ4v) is 1.55. The third-order valence-corrected chi connectivity index (χ3v) is 2.42. The predicted octanol–water partition coefficient (Wildman–Crippen LogP) is 2.22. The summed E-state index contributed by atoms with van der Waals surface area (Å²) >= 11 is 0. The molecule has 0 saturated heterocycles. The van der Waals surface area contributed by atoms with Crippen molar-refractivity contribution in [1.82, 2.24) is 0 Å². The molecule has 1 N–H and O–H groups in total. The van der Waals surface area contributed by atoms with Crippen LogP contribution < -0.4 is 0 Å². The zero-order valence-corrected chi connectivity index (χ0v) is 12.8. The van der Waals surface area contributed by atoms with E-state index in [0.29, 0.717) is 11.1 Å². The van der Waals surface area contributed by atoms with Gasteiger partial charge in [0.05, 0.1) is 0 Å². The molecule has 0 spiro atoms. The summed E-state index contributed by atoms with van der Waals surface area (Å²) in [4.78, 5) is 11.9. The number of ketones is 1. The SMILES string of the molecule is O=C(c1ccccc1)C(O)c1ccccc1.[K]. The van der Waals surface area contributed by atoms with E-state index < -0.39 is 6.10 Å². The van der Waals surface area contributed by atoms with Crippen molar-refractivity contribution in [2.45, 2.75) is 6.10 Å². The van der Waals surface area contributed by atoms with Crippen molar-refractivity contribution < 1.29 is 9.90 Å². The number of rotatable bonds is 3. The normalized spacial score (nSPS) is 11.4. The van der Waals surface area contributed by atoms with Crippen LogP contribution in [0.3, 0.4) is 0 Å². The summed E-state index contributed by atoms with van der Waals surface area (Å²) in [6, 6.07) is 17.7. The molecule has 0 amide bonds. The van der Waals surface area contributed by atoms with Gasteiger partial charge < -0.3 is 5.11 Å². The largest absolute Gasteiger partial charge is 0.380 e. The smallest absolute Gasteiger partial charge is 0.195 e. The first-order valence-electron chi connectivity index (χ1n) is 5.11. The van der Waals surface area contributed by atoms with Crippen LogP contribution in [0.1, 0.15) is 22.0 Å². The Balaban J connectivity index is 0.00000144. The summed E-state index contributed by atoms with van der Waals surface area (Å²) in [5, 5.41) is 9.89. The van der Waals surface area contributed by atoms with Crippen LogP contribution in [0.4, 0.5) is 0 Å². The second-order valence-electron chi connectivity index (χ2n) is 3.54. The molecule has 17 heavy (non-hydrogen) atoms. The van der Waals surface area contributed by atoms with E-state index in [1.165, 1.54) is 0 Å². The number of carbonyl (C=O) groups excluding carboxylic acids is 1. The first-order valence-corrected chi connectivity index (χ1v) is 5.11. The van der Waals surface area contributed by atoms with Crippen LogP contribution in [0.15, 0.2) is 60.7 Å². The predicted molar refractivity (Wildman–Crippen MR) is 67.9 cm³/mol. The van der Waals surface area contributed by atoms with Crippen molar-refractivity contribution in [3.8, 4) is 0 Å². The number of aliphatic hydroxyl groups excluding tert-OH is 1. The summed E-state index contributed by atoms with van der Waals surface area (Å²) in [5.41, 5.74) is 1.15. The molecule has 0 heterocycles. The topological polar surface area (TPSA) is 37.3 Å². The Morgan fingerprint density at radius 2 is 1.35 bits per heavy atom. The summed E-state index contributed by atoms with van der Waals surface area (Å²) in [7, 11) is 0. The van der Waals surface area contributed by atoms with Gasteiger partial charge in [-0.2, -0.15) is 0 Å². The van der Waals surface area contributed by atoms with Crippen LogP contribution in [0, 0.1) is 0 Å². The van der Waals surface area contributed by atoms with Crippen molar-refractivity contribution in [2.75, 3.05) is 0 Å². The minimum atomic E-state index is -1.08. The van der Waals surface area contributed by atoms with Crippen molar-refractivity contribution >= 4 is 57.2 Å². The van der Waals surface area contributed by atoms with Crippen molar-refractivity contribution in [1.29, 1.82) is 0 Å².